The molecule has 51 heavy (non-hydrogen) atoms. The van der Waals surface area contributed by atoms with E-state index in [9.17, 15) is 24.3 Å². The quantitative estimate of drug-likeness (QED) is 0.150. The standard InChI is InChI=1S/C36H42N8O7/c1-21(39-36(49)51-3)33(45)43-16-4-6-29(43)31-37-18-26(40-31)24-12-8-22(9-13-24)23-10-14-25(15-11-23)27-19-38-32(41-27)30-7-5-17-44(30)34(46)28(20-50-2)42-35(47)48/h8-15,18-19,21,28-30,42H,4-7,16-17,20H2,1-3H3,(H,37,40)(H,38,41)(H,39,49)(H,47,48)/t21-,28-,29-,30-/m0/s1. The average molecular weight is 699 g/mol. The van der Waals surface area contributed by atoms with E-state index in [4.69, 9.17) is 4.74 Å². The van der Waals surface area contributed by atoms with Gasteiger partial charge in [0.2, 0.25) is 11.8 Å². The molecule has 0 unspecified atom stereocenters. The number of rotatable bonds is 11. The maximum absolute atomic E-state index is 13.2. The van der Waals surface area contributed by atoms with Gasteiger partial charge in [0, 0.05) is 20.2 Å². The summed E-state index contributed by atoms with van der Waals surface area (Å²) in [4.78, 5) is 68.5. The fourth-order valence-electron chi connectivity index (χ4n) is 6.86. The summed E-state index contributed by atoms with van der Waals surface area (Å²) in [5.41, 5.74) is 5.63. The molecule has 268 valence electrons. The van der Waals surface area contributed by atoms with Crippen LogP contribution in [-0.2, 0) is 19.1 Å². The second-order valence-electron chi connectivity index (χ2n) is 12.7. The Hall–Kier alpha value is -5.70. The second kappa shape index (κ2) is 15.5. The molecule has 4 amide bonds. The van der Waals surface area contributed by atoms with Crippen LogP contribution >= 0.6 is 0 Å². The van der Waals surface area contributed by atoms with Crippen LogP contribution < -0.4 is 10.6 Å². The molecule has 6 rings (SSSR count). The van der Waals surface area contributed by atoms with Gasteiger partial charge in [0.1, 0.15) is 23.7 Å². The van der Waals surface area contributed by atoms with E-state index in [0.717, 1.165) is 52.9 Å². The highest BCUT2D eigenvalue weighted by molar-refractivity contribution is 5.86. The molecule has 2 aliphatic rings. The number of amides is 4. The normalized spacial score (nSPS) is 18.3. The van der Waals surface area contributed by atoms with Gasteiger partial charge >= 0.3 is 12.2 Å². The summed E-state index contributed by atoms with van der Waals surface area (Å²) in [6, 6.07) is 14.1. The van der Waals surface area contributed by atoms with E-state index in [1.54, 1.807) is 29.1 Å². The number of aromatic amines is 2. The third-order valence-electron chi connectivity index (χ3n) is 9.44. The summed E-state index contributed by atoms with van der Waals surface area (Å²) in [7, 11) is 2.69. The fraction of sp³-hybridized carbons (Fsp3) is 0.389. The Bertz CT molecular complexity index is 1860. The number of nitrogens with zero attached hydrogens (tertiary/aromatic N) is 4. The number of likely N-dealkylation sites (tertiary alicyclic amines) is 2. The minimum atomic E-state index is -1.28. The highest BCUT2D eigenvalue weighted by Gasteiger charge is 2.37. The molecule has 0 radical (unpaired) electrons. The van der Waals surface area contributed by atoms with Crippen molar-refractivity contribution in [3.63, 3.8) is 0 Å². The molecule has 4 atom stereocenters. The van der Waals surface area contributed by atoms with Crippen LogP contribution in [0.5, 0.6) is 0 Å². The third kappa shape index (κ3) is 7.72. The van der Waals surface area contributed by atoms with Crippen LogP contribution in [0.1, 0.15) is 56.3 Å². The Labute approximate surface area is 294 Å². The van der Waals surface area contributed by atoms with Gasteiger partial charge in [-0.25, -0.2) is 19.6 Å². The number of aromatic nitrogens is 4. The molecule has 15 nitrogen and oxygen atoms in total. The predicted molar refractivity (Wildman–Crippen MR) is 186 cm³/mol. The molecule has 0 spiro atoms. The maximum atomic E-state index is 13.2. The summed E-state index contributed by atoms with van der Waals surface area (Å²) in [5.74, 6) is 0.846. The zero-order chi connectivity index (χ0) is 36.1. The number of imidazole rings is 2. The molecule has 2 aromatic carbocycles. The van der Waals surface area contributed by atoms with E-state index in [-0.39, 0.29) is 30.5 Å². The molecule has 4 aromatic rings. The molecular weight excluding hydrogens is 656 g/mol. The van der Waals surface area contributed by atoms with Crippen molar-refractivity contribution < 1.29 is 33.8 Å². The largest absolute Gasteiger partial charge is 0.465 e. The number of carbonyl (C=O) groups excluding carboxylic acids is 3. The summed E-state index contributed by atoms with van der Waals surface area (Å²) >= 11 is 0. The number of hydrogen-bond donors (Lipinski definition) is 5. The van der Waals surface area contributed by atoms with Crippen molar-refractivity contribution in [2.45, 2.75) is 56.8 Å². The van der Waals surface area contributed by atoms with Crippen molar-refractivity contribution in [3.05, 3.63) is 72.6 Å². The van der Waals surface area contributed by atoms with E-state index in [2.05, 4.69) is 35.3 Å². The molecule has 0 aliphatic carbocycles. The van der Waals surface area contributed by atoms with Crippen molar-refractivity contribution in [1.29, 1.82) is 0 Å². The zero-order valence-electron chi connectivity index (χ0n) is 28.7. The Morgan fingerprint density at radius 1 is 0.784 bits per heavy atom. The number of methoxy groups -OCH3 is 2. The first-order chi connectivity index (χ1) is 24.7. The van der Waals surface area contributed by atoms with Gasteiger partial charge in [-0.1, -0.05) is 48.5 Å². The monoisotopic (exact) mass is 698 g/mol. The molecule has 2 aliphatic heterocycles. The van der Waals surface area contributed by atoms with Crippen LogP contribution in [0.4, 0.5) is 9.59 Å². The summed E-state index contributed by atoms with van der Waals surface area (Å²) in [6.45, 7) is 2.68. The van der Waals surface area contributed by atoms with Crippen LogP contribution in [0.25, 0.3) is 33.6 Å². The molecular formula is C36H42N8O7. The summed E-state index contributed by atoms with van der Waals surface area (Å²) < 4.78 is 9.71. The number of benzene rings is 2. The Morgan fingerprint density at radius 2 is 1.25 bits per heavy atom. The van der Waals surface area contributed by atoms with Gasteiger partial charge in [0.05, 0.1) is 49.6 Å². The Balaban J connectivity index is 1.10. The van der Waals surface area contributed by atoms with Crippen molar-refractivity contribution in [1.82, 2.24) is 40.4 Å². The molecule has 2 saturated heterocycles. The van der Waals surface area contributed by atoms with Gasteiger partial charge in [0.15, 0.2) is 0 Å². The first kappa shape index (κ1) is 35.1. The van der Waals surface area contributed by atoms with Gasteiger partial charge in [-0.15, -0.1) is 0 Å². The van der Waals surface area contributed by atoms with Crippen LogP contribution in [0.2, 0.25) is 0 Å². The van der Waals surface area contributed by atoms with Crippen molar-refractivity contribution >= 4 is 24.0 Å². The Morgan fingerprint density at radius 3 is 1.71 bits per heavy atom. The van der Waals surface area contributed by atoms with Gasteiger partial charge in [0.25, 0.3) is 0 Å². The maximum Gasteiger partial charge on any atom is 0.407 e. The van der Waals surface area contributed by atoms with E-state index >= 15 is 0 Å². The molecule has 5 N–H and O–H groups in total. The molecule has 2 aromatic heterocycles. The number of hydrogen-bond acceptors (Lipinski definition) is 8. The van der Waals surface area contributed by atoms with E-state index in [0.29, 0.717) is 31.2 Å². The third-order valence-corrected chi connectivity index (χ3v) is 9.44. The van der Waals surface area contributed by atoms with E-state index in [1.165, 1.54) is 14.2 Å². The molecule has 4 heterocycles. The smallest absolute Gasteiger partial charge is 0.407 e. The highest BCUT2D eigenvalue weighted by atomic mass is 16.5. The molecule has 2 fully saturated rings. The highest BCUT2D eigenvalue weighted by Crippen LogP contribution is 2.34. The van der Waals surface area contributed by atoms with Gasteiger partial charge < -0.3 is 45.0 Å². The number of alkyl carbamates (subject to hydrolysis) is 1. The first-order valence-electron chi connectivity index (χ1n) is 16.9. The molecule has 0 bridgehead atoms. The predicted octanol–water partition coefficient (Wildman–Crippen LogP) is 4.49. The topological polar surface area (TPSA) is 195 Å². The van der Waals surface area contributed by atoms with E-state index < -0.39 is 24.3 Å². The lowest BCUT2D eigenvalue weighted by atomic mass is 10.0. The van der Waals surface area contributed by atoms with Crippen molar-refractivity contribution in [3.8, 4) is 33.6 Å². The van der Waals surface area contributed by atoms with Crippen molar-refractivity contribution in [2.24, 2.45) is 0 Å². The lowest BCUT2D eigenvalue weighted by Gasteiger charge is -2.27. The SMILES string of the molecule is COC[C@H](NC(=O)O)C(=O)N1CCC[C@H]1c1ncc(-c2ccc(-c3ccc(-c4cnc([C@@H]5CCCN5C(=O)[C@H](C)NC(=O)OC)[nH]4)cc3)cc2)[nH]1. The lowest BCUT2D eigenvalue weighted by Crippen LogP contribution is -2.50. The molecule has 0 saturated carbocycles. The lowest BCUT2D eigenvalue weighted by molar-refractivity contribution is -0.136. The van der Waals surface area contributed by atoms with Crippen LogP contribution in [0.3, 0.4) is 0 Å². The summed E-state index contributed by atoms with van der Waals surface area (Å²) in [5, 5.41) is 14.0. The van der Waals surface area contributed by atoms with Gasteiger partial charge in [-0.05, 0) is 54.9 Å². The fourth-order valence-corrected chi connectivity index (χ4v) is 6.86. The minimum Gasteiger partial charge on any atom is -0.465 e. The second-order valence-corrected chi connectivity index (χ2v) is 12.7. The minimum absolute atomic E-state index is 0.0566. The average Bonchev–Trinajstić information content (AvgIpc) is 3.97. The molecule has 15 heteroatoms. The van der Waals surface area contributed by atoms with Gasteiger partial charge in [-0.2, -0.15) is 0 Å². The van der Waals surface area contributed by atoms with Gasteiger partial charge in [-0.3, -0.25) is 9.59 Å². The van der Waals surface area contributed by atoms with E-state index in [1.807, 2.05) is 48.5 Å². The first-order valence-corrected chi connectivity index (χ1v) is 16.9. The number of carbonyl (C=O) groups is 4. The van der Waals surface area contributed by atoms with Crippen LogP contribution in [0.15, 0.2) is 60.9 Å². The Kier molecular flexibility index (Phi) is 10.7. The number of ether oxygens (including phenoxy) is 2. The van der Waals surface area contributed by atoms with Crippen LogP contribution in [-0.4, -0.2) is 105 Å². The summed E-state index contributed by atoms with van der Waals surface area (Å²) in [6.07, 6.45) is 4.72. The zero-order valence-corrected chi connectivity index (χ0v) is 28.7. The van der Waals surface area contributed by atoms with Crippen LogP contribution in [0, 0.1) is 0 Å². The number of H-pyrrole nitrogens is 2. The number of nitrogens with one attached hydrogen (secondary N) is 4. The number of carboxylic acid groups (broad SMARTS) is 1. The van der Waals surface area contributed by atoms with Crippen molar-refractivity contribution in [2.75, 3.05) is 33.9 Å².